The molecule has 0 amide bonds. The van der Waals surface area contributed by atoms with Crippen LogP contribution in [0.5, 0.6) is 0 Å². The van der Waals surface area contributed by atoms with Crippen LogP contribution in [0.25, 0.3) is 0 Å². The Hall–Kier alpha value is -0.690. The summed E-state index contributed by atoms with van der Waals surface area (Å²) in [5.74, 6) is -0.178. The van der Waals surface area contributed by atoms with Crippen molar-refractivity contribution < 1.29 is 19.1 Å². The molecule has 1 rings (SSSR count). The Morgan fingerprint density at radius 3 is 2.25 bits per heavy atom. The molecule has 0 bridgehead atoms. The molecule has 0 saturated carbocycles. The number of nitrogens with zero attached hydrogens (tertiary/aromatic N) is 1. The van der Waals surface area contributed by atoms with Crippen LogP contribution < -0.4 is 5.32 Å². The molecule has 1 aliphatic rings. The molecule has 0 aromatic carbocycles. The fourth-order valence-corrected chi connectivity index (χ4v) is 1.93. The maximum Gasteiger partial charge on any atom is 0.330 e. The number of hydrogen-bond acceptors (Lipinski definition) is 6. The van der Waals surface area contributed by atoms with E-state index in [0.717, 1.165) is 25.9 Å². The van der Waals surface area contributed by atoms with Gasteiger partial charge in [-0.1, -0.05) is 0 Å². The van der Waals surface area contributed by atoms with Gasteiger partial charge < -0.3 is 19.6 Å². The number of hydrogen-bond donors (Lipinski definition) is 1. The van der Waals surface area contributed by atoms with Gasteiger partial charge in [-0.2, -0.15) is 0 Å². The van der Waals surface area contributed by atoms with Crippen molar-refractivity contribution in [2.75, 3.05) is 33.9 Å². The molecule has 1 N–H and O–H groups in total. The first-order valence-corrected chi connectivity index (χ1v) is 7.13. The molecule has 118 valence electrons. The van der Waals surface area contributed by atoms with Crippen LogP contribution in [-0.4, -0.2) is 57.2 Å². The summed E-state index contributed by atoms with van der Waals surface area (Å²) in [6.45, 7) is 7.76. The van der Waals surface area contributed by atoms with Crippen LogP contribution in [0.4, 0.5) is 0 Å². The third kappa shape index (κ3) is 5.75. The molecular weight excluding hydrogens is 260 g/mol. The van der Waals surface area contributed by atoms with Gasteiger partial charge in [-0.3, -0.25) is 0 Å². The summed E-state index contributed by atoms with van der Waals surface area (Å²) in [6.07, 6.45) is 1.67. The lowest BCUT2D eigenvalue weighted by Crippen LogP contribution is -2.46. The second-order valence-electron chi connectivity index (χ2n) is 6.14. The highest BCUT2D eigenvalue weighted by Gasteiger charge is 2.28. The molecule has 1 fully saturated rings. The third-order valence-corrected chi connectivity index (χ3v) is 3.38. The molecule has 0 atom stereocenters. The molecule has 0 aromatic heterocycles. The van der Waals surface area contributed by atoms with E-state index in [1.54, 1.807) is 19.3 Å². The van der Waals surface area contributed by atoms with Crippen LogP contribution in [0.3, 0.4) is 0 Å². The van der Waals surface area contributed by atoms with Gasteiger partial charge in [0.2, 0.25) is 0 Å². The Morgan fingerprint density at radius 1 is 1.25 bits per heavy atom. The number of nitrogens with one attached hydrogen (secondary N) is 1. The summed E-state index contributed by atoms with van der Waals surface area (Å²) in [4.78, 5) is 17.2. The van der Waals surface area contributed by atoms with E-state index in [4.69, 9.17) is 14.3 Å². The first kappa shape index (κ1) is 17.4. The van der Waals surface area contributed by atoms with Crippen molar-refractivity contribution in [2.24, 2.45) is 5.41 Å². The average molecular weight is 288 g/mol. The van der Waals surface area contributed by atoms with Gasteiger partial charge in [0.1, 0.15) is 0 Å². The number of ether oxygens (including phenoxy) is 2. The third-order valence-electron chi connectivity index (χ3n) is 3.38. The minimum atomic E-state index is -0.459. The van der Waals surface area contributed by atoms with E-state index >= 15 is 0 Å². The fourth-order valence-electron chi connectivity index (χ4n) is 1.93. The number of piperidine rings is 1. The average Bonchev–Trinajstić information content (AvgIpc) is 2.40. The largest absolute Gasteiger partial charge is 0.367 e. The second-order valence-corrected chi connectivity index (χ2v) is 6.14. The van der Waals surface area contributed by atoms with E-state index in [-0.39, 0.29) is 12.3 Å². The summed E-state index contributed by atoms with van der Waals surface area (Å²) < 4.78 is 10.3. The predicted octanol–water partition coefficient (Wildman–Crippen LogP) is 1.16. The van der Waals surface area contributed by atoms with Crippen LogP contribution in [0.1, 0.15) is 33.6 Å². The van der Waals surface area contributed by atoms with Crippen molar-refractivity contribution >= 4 is 5.97 Å². The van der Waals surface area contributed by atoms with Crippen molar-refractivity contribution in [2.45, 2.75) is 45.9 Å². The summed E-state index contributed by atoms with van der Waals surface area (Å²) in [5, 5.41) is 5.17. The summed E-state index contributed by atoms with van der Waals surface area (Å²) >= 11 is 0. The second kappa shape index (κ2) is 7.93. The summed E-state index contributed by atoms with van der Waals surface area (Å²) in [5.41, 5.74) is -0.459. The van der Waals surface area contributed by atoms with Gasteiger partial charge in [0, 0.05) is 39.9 Å². The van der Waals surface area contributed by atoms with Gasteiger partial charge in [-0.05, 0) is 33.6 Å². The number of hydroxylamine groups is 2. The predicted molar refractivity (Wildman–Crippen MR) is 76.0 cm³/mol. The van der Waals surface area contributed by atoms with E-state index in [1.807, 2.05) is 20.8 Å². The first-order valence-electron chi connectivity index (χ1n) is 7.13. The van der Waals surface area contributed by atoms with Crippen molar-refractivity contribution in [1.29, 1.82) is 0 Å². The SMILES string of the molecule is COC(CNC1CCN(OC(=O)C(C)(C)C)CC1)OC. The smallest absolute Gasteiger partial charge is 0.330 e. The topological polar surface area (TPSA) is 60.0 Å². The molecule has 0 radical (unpaired) electrons. The molecule has 1 heterocycles. The molecule has 6 nitrogen and oxygen atoms in total. The molecular formula is C14H28N2O4. The molecule has 0 unspecified atom stereocenters. The van der Waals surface area contributed by atoms with E-state index in [1.165, 1.54) is 0 Å². The van der Waals surface area contributed by atoms with Gasteiger partial charge in [-0.25, -0.2) is 4.79 Å². The lowest BCUT2D eigenvalue weighted by molar-refractivity contribution is -0.205. The Kier molecular flexibility index (Phi) is 6.88. The van der Waals surface area contributed by atoms with Crippen molar-refractivity contribution in [1.82, 2.24) is 10.4 Å². The van der Waals surface area contributed by atoms with Crippen LogP contribution in [0, 0.1) is 5.41 Å². The normalized spacial score (nSPS) is 18.5. The lowest BCUT2D eigenvalue weighted by Gasteiger charge is -2.33. The summed E-state index contributed by atoms with van der Waals surface area (Å²) in [7, 11) is 3.26. The van der Waals surface area contributed by atoms with Crippen LogP contribution >= 0.6 is 0 Å². The number of carbonyl (C=O) groups is 1. The number of methoxy groups -OCH3 is 2. The Bertz CT molecular complexity index is 292. The van der Waals surface area contributed by atoms with E-state index in [2.05, 4.69) is 5.32 Å². The minimum absolute atomic E-state index is 0.178. The zero-order valence-corrected chi connectivity index (χ0v) is 13.3. The van der Waals surface area contributed by atoms with E-state index < -0.39 is 5.41 Å². The van der Waals surface area contributed by atoms with Crippen molar-refractivity contribution in [3.63, 3.8) is 0 Å². The van der Waals surface area contributed by atoms with E-state index in [9.17, 15) is 4.79 Å². The van der Waals surface area contributed by atoms with Crippen LogP contribution in [0.15, 0.2) is 0 Å². The molecule has 0 spiro atoms. The van der Waals surface area contributed by atoms with Gasteiger partial charge in [0.05, 0.1) is 5.41 Å². The van der Waals surface area contributed by atoms with Gasteiger partial charge in [0.25, 0.3) is 0 Å². The zero-order chi connectivity index (χ0) is 15.2. The van der Waals surface area contributed by atoms with Crippen molar-refractivity contribution in [3.05, 3.63) is 0 Å². The monoisotopic (exact) mass is 288 g/mol. The standard InChI is InChI=1S/C14H28N2O4/c1-14(2,3)13(17)20-16-8-6-11(7-9-16)15-10-12(18-4)19-5/h11-12,15H,6-10H2,1-5H3. The maximum atomic E-state index is 11.8. The Balaban J connectivity index is 2.25. The molecule has 20 heavy (non-hydrogen) atoms. The lowest BCUT2D eigenvalue weighted by atomic mass is 9.98. The van der Waals surface area contributed by atoms with Crippen LogP contribution in [0.2, 0.25) is 0 Å². The number of carbonyl (C=O) groups excluding carboxylic acids is 1. The maximum absolute atomic E-state index is 11.8. The number of rotatable bonds is 6. The quantitative estimate of drug-likeness (QED) is 0.740. The highest BCUT2D eigenvalue weighted by Crippen LogP contribution is 2.18. The molecule has 6 heteroatoms. The minimum Gasteiger partial charge on any atom is -0.367 e. The van der Waals surface area contributed by atoms with Crippen LogP contribution in [-0.2, 0) is 19.1 Å². The zero-order valence-electron chi connectivity index (χ0n) is 13.3. The summed E-state index contributed by atoms with van der Waals surface area (Å²) in [6, 6.07) is 0.410. The first-order chi connectivity index (χ1) is 9.36. The molecule has 1 saturated heterocycles. The highest BCUT2D eigenvalue weighted by molar-refractivity contribution is 5.75. The fraction of sp³-hybridized carbons (Fsp3) is 0.929. The van der Waals surface area contributed by atoms with Gasteiger partial charge in [0.15, 0.2) is 6.29 Å². The van der Waals surface area contributed by atoms with Gasteiger partial charge in [-0.15, -0.1) is 5.06 Å². The molecule has 0 aliphatic carbocycles. The Morgan fingerprint density at radius 2 is 1.80 bits per heavy atom. The Labute approximate surface area is 121 Å². The van der Waals surface area contributed by atoms with E-state index in [0.29, 0.717) is 12.6 Å². The van der Waals surface area contributed by atoms with Crippen molar-refractivity contribution in [3.8, 4) is 0 Å². The van der Waals surface area contributed by atoms with Gasteiger partial charge >= 0.3 is 5.97 Å². The molecule has 0 aromatic rings. The molecule has 1 aliphatic heterocycles. The highest BCUT2D eigenvalue weighted by atomic mass is 16.7.